The van der Waals surface area contributed by atoms with Gasteiger partial charge in [-0.05, 0) is 37.1 Å². The Hall–Kier alpha value is -2.66. The number of ketones is 1. The van der Waals surface area contributed by atoms with Gasteiger partial charge in [-0.2, -0.15) is 0 Å². The molecular weight excluding hydrogens is 318 g/mol. The maximum Gasteiger partial charge on any atom is 0.258 e. The zero-order chi connectivity index (χ0) is 17.5. The fourth-order valence-electron chi connectivity index (χ4n) is 2.69. The van der Waals surface area contributed by atoms with E-state index in [0.717, 1.165) is 19.4 Å². The number of hydrogen-bond acceptors (Lipinski definition) is 4. The van der Waals surface area contributed by atoms with Crippen LogP contribution in [0.3, 0.4) is 0 Å². The number of hydrogen-bond donors (Lipinski definition) is 1. The van der Waals surface area contributed by atoms with Crippen molar-refractivity contribution in [1.29, 1.82) is 0 Å². The van der Waals surface area contributed by atoms with Crippen LogP contribution in [0.2, 0.25) is 0 Å². The van der Waals surface area contributed by atoms with Crippen LogP contribution in [-0.2, 0) is 9.53 Å². The number of carbonyl (C=O) groups excluding carboxylic acids is 2. The molecule has 1 fully saturated rings. The van der Waals surface area contributed by atoms with Gasteiger partial charge in [0.25, 0.3) is 5.91 Å². The monoisotopic (exact) mass is 339 g/mol. The van der Waals surface area contributed by atoms with Crippen molar-refractivity contribution in [3.63, 3.8) is 0 Å². The molecule has 0 bridgehead atoms. The molecule has 2 aromatic rings. The Balaban J connectivity index is 1.47. The van der Waals surface area contributed by atoms with Gasteiger partial charge >= 0.3 is 0 Å². The van der Waals surface area contributed by atoms with E-state index in [1.54, 1.807) is 36.4 Å². The molecule has 0 aliphatic carbocycles. The van der Waals surface area contributed by atoms with Gasteiger partial charge in [-0.15, -0.1) is 0 Å². The average Bonchev–Trinajstić information content (AvgIpc) is 3.19. The molecule has 1 N–H and O–H groups in total. The summed E-state index contributed by atoms with van der Waals surface area (Å²) in [6.45, 7) is 1.23. The lowest BCUT2D eigenvalue weighted by Gasteiger charge is -2.11. The van der Waals surface area contributed by atoms with Gasteiger partial charge < -0.3 is 14.8 Å². The van der Waals surface area contributed by atoms with Crippen molar-refractivity contribution >= 4 is 11.7 Å². The van der Waals surface area contributed by atoms with Gasteiger partial charge in [0.05, 0.1) is 6.10 Å². The van der Waals surface area contributed by atoms with E-state index >= 15 is 0 Å². The van der Waals surface area contributed by atoms with Gasteiger partial charge in [0, 0.05) is 24.3 Å². The third kappa shape index (κ3) is 4.90. The highest BCUT2D eigenvalue weighted by molar-refractivity contribution is 6.08. The molecule has 1 saturated heterocycles. The van der Waals surface area contributed by atoms with Crippen LogP contribution in [0.5, 0.6) is 5.75 Å². The topological polar surface area (TPSA) is 64.6 Å². The lowest BCUT2D eigenvalue weighted by molar-refractivity contribution is -0.123. The molecule has 1 aliphatic rings. The van der Waals surface area contributed by atoms with Crippen molar-refractivity contribution in [3.8, 4) is 5.75 Å². The van der Waals surface area contributed by atoms with Gasteiger partial charge in [0.2, 0.25) is 0 Å². The minimum atomic E-state index is -0.181. The number of ether oxygens (including phenoxy) is 2. The van der Waals surface area contributed by atoms with Crippen molar-refractivity contribution in [2.45, 2.75) is 18.9 Å². The van der Waals surface area contributed by atoms with E-state index in [9.17, 15) is 9.59 Å². The minimum Gasteiger partial charge on any atom is -0.484 e. The summed E-state index contributed by atoms with van der Waals surface area (Å²) in [5, 5.41) is 2.80. The zero-order valence-electron chi connectivity index (χ0n) is 13.9. The van der Waals surface area contributed by atoms with Crippen LogP contribution in [0.25, 0.3) is 0 Å². The Morgan fingerprint density at radius 3 is 2.44 bits per heavy atom. The zero-order valence-corrected chi connectivity index (χ0v) is 13.9. The van der Waals surface area contributed by atoms with Crippen molar-refractivity contribution in [2.75, 3.05) is 19.8 Å². The molecule has 0 aromatic heterocycles. The Labute approximate surface area is 147 Å². The number of rotatable bonds is 7. The summed E-state index contributed by atoms with van der Waals surface area (Å²) in [5.74, 6) is 0.332. The Bertz CT molecular complexity index is 706. The van der Waals surface area contributed by atoms with Gasteiger partial charge in [0.15, 0.2) is 12.4 Å². The third-order valence-electron chi connectivity index (χ3n) is 4.07. The summed E-state index contributed by atoms with van der Waals surface area (Å²) in [6, 6.07) is 15.9. The normalized spacial score (nSPS) is 16.4. The van der Waals surface area contributed by atoms with Gasteiger partial charge in [0.1, 0.15) is 5.75 Å². The van der Waals surface area contributed by atoms with E-state index in [-0.39, 0.29) is 24.4 Å². The molecule has 1 aliphatic heterocycles. The van der Waals surface area contributed by atoms with E-state index in [4.69, 9.17) is 9.47 Å². The van der Waals surface area contributed by atoms with Crippen LogP contribution in [-0.4, -0.2) is 37.6 Å². The summed E-state index contributed by atoms with van der Waals surface area (Å²) in [6.07, 6.45) is 2.15. The molecule has 1 amide bonds. The third-order valence-corrected chi connectivity index (χ3v) is 4.07. The number of benzene rings is 2. The van der Waals surface area contributed by atoms with Crippen molar-refractivity contribution in [1.82, 2.24) is 5.32 Å². The number of nitrogens with one attached hydrogen (secondary N) is 1. The summed E-state index contributed by atoms with van der Waals surface area (Å²) in [7, 11) is 0. The van der Waals surface area contributed by atoms with Crippen LogP contribution >= 0.6 is 0 Å². The van der Waals surface area contributed by atoms with E-state index in [2.05, 4.69) is 5.32 Å². The average molecular weight is 339 g/mol. The molecule has 0 unspecified atom stereocenters. The second-order valence-corrected chi connectivity index (χ2v) is 5.95. The lowest BCUT2D eigenvalue weighted by Crippen LogP contribution is -2.35. The molecule has 5 heteroatoms. The molecule has 1 atom stereocenters. The van der Waals surface area contributed by atoms with E-state index in [0.29, 0.717) is 23.4 Å². The second-order valence-electron chi connectivity index (χ2n) is 5.95. The first-order chi connectivity index (χ1) is 12.2. The highest BCUT2D eigenvalue weighted by Gasteiger charge is 2.16. The highest BCUT2D eigenvalue weighted by Crippen LogP contribution is 2.15. The molecule has 1 heterocycles. The van der Waals surface area contributed by atoms with E-state index < -0.39 is 0 Å². The predicted octanol–water partition coefficient (Wildman–Crippen LogP) is 2.59. The Kier molecular flexibility index (Phi) is 5.80. The molecule has 5 nitrogen and oxygen atoms in total. The largest absolute Gasteiger partial charge is 0.484 e. The minimum absolute atomic E-state index is 0.0403. The van der Waals surface area contributed by atoms with Crippen molar-refractivity contribution in [2.24, 2.45) is 0 Å². The molecular formula is C20H21NO4. The standard InChI is InChI=1S/C20H21NO4/c22-19(21-13-18-7-4-12-24-18)14-25-17-10-8-16(9-11-17)20(23)15-5-2-1-3-6-15/h1-3,5-6,8-11,18H,4,7,12-14H2,(H,21,22)/t18-/m0/s1. The number of carbonyl (C=O) groups is 2. The van der Waals surface area contributed by atoms with E-state index in [1.807, 2.05) is 18.2 Å². The molecule has 25 heavy (non-hydrogen) atoms. The highest BCUT2D eigenvalue weighted by atomic mass is 16.5. The molecule has 3 rings (SSSR count). The smallest absolute Gasteiger partial charge is 0.258 e. The summed E-state index contributed by atoms with van der Waals surface area (Å²) in [5.41, 5.74) is 1.23. The molecule has 130 valence electrons. The fraction of sp³-hybridized carbons (Fsp3) is 0.300. The first-order valence-corrected chi connectivity index (χ1v) is 8.43. The predicted molar refractivity (Wildman–Crippen MR) is 93.8 cm³/mol. The Morgan fingerprint density at radius 1 is 1.04 bits per heavy atom. The van der Waals surface area contributed by atoms with Crippen LogP contribution in [0.1, 0.15) is 28.8 Å². The summed E-state index contributed by atoms with van der Waals surface area (Å²) < 4.78 is 10.9. The summed E-state index contributed by atoms with van der Waals surface area (Å²) in [4.78, 5) is 24.1. The number of amides is 1. The van der Waals surface area contributed by atoms with E-state index in [1.165, 1.54) is 0 Å². The quantitative estimate of drug-likeness (QED) is 0.788. The van der Waals surface area contributed by atoms with Crippen LogP contribution in [0.4, 0.5) is 0 Å². The molecule has 2 aromatic carbocycles. The van der Waals surface area contributed by atoms with Crippen LogP contribution < -0.4 is 10.1 Å². The first kappa shape index (κ1) is 17.2. The summed E-state index contributed by atoms with van der Waals surface area (Å²) >= 11 is 0. The van der Waals surface area contributed by atoms with Crippen LogP contribution in [0.15, 0.2) is 54.6 Å². The van der Waals surface area contributed by atoms with Crippen molar-refractivity contribution < 1.29 is 19.1 Å². The van der Waals surface area contributed by atoms with Crippen molar-refractivity contribution in [3.05, 3.63) is 65.7 Å². The van der Waals surface area contributed by atoms with Crippen LogP contribution in [0, 0.1) is 0 Å². The van der Waals surface area contributed by atoms with Gasteiger partial charge in [-0.3, -0.25) is 9.59 Å². The molecule has 0 saturated carbocycles. The Morgan fingerprint density at radius 2 is 1.76 bits per heavy atom. The lowest BCUT2D eigenvalue weighted by atomic mass is 10.0. The maximum absolute atomic E-state index is 12.3. The SMILES string of the molecule is O=C(COc1ccc(C(=O)c2ccccc2)cc1)NC[C@@H]1CCCO1. The van der Waals surface area contributed by atoms with Gasteiger partial charge in [-0.25, -0.2) is 0 Å². The second kappa shape index (κ2) is 8.44. The van der Waals surface area contributed by atoms with Gasteiger partial charge in [-0.1, -0.05) is 30.3 Å². The maximum atomic E-state index is 12.3. The first-order valence-electron chi connectivity index (χ1n) is 8.43. The molecule has 0 radical (unpaired) electrons. The molecule has 0 spiro atoms. The fourth-order valence-corrected chi connectivity index (χ4v) is 2.69.